The fourth-order valence-electron chi connectivity index (χ4n) is 2.89. The third kappa shape index (κ3) is 3.67. The zero-order chi connectivity index (χ0) is 12.1. The molecule has 0 bridgehead atoms. The lowest BCUT2D eigenvalue weighted by atomic mass is 9.85. The molecule has 2 rings (SSSR count). The van der Waals surface area contributed by atoms with E-state index in [1.807, 2.05) is 0 Å². The summed E-state index contributed by atoms with van der Waals surface area (Å²) in [5, 5.41) is 0. The predicted octanol–water partition coefficient (Wildman–Crippen LogP) is 3.36. The van der Waals surface area contributed by atoms with E-state index in [0.29, 0.717) is 17.6 Å². The Labute approximate surface area is 104 Å². The lowest BCUT2D eigenvalue weighted by molar-refractivity contribution is -0.121. The fraction of sp³-hybridized carbons (Fsp3) is 0.800. The van der Waals surface area contributed by atoms with Gasteiger partial charge in [0, 0.05) is 25.6 Å². The maximum Gasteiger partial charge on any atom is 0.136 e. The second-order valence-corrected chi connectivity index (χ2v) is 5.60. The van der Waals surface area contributed by atoms with Crippen molar-refractivity contribution in [2.24, 2.45) is 17.8 Å². The van der Waals surface area contributed by atoms with Crippen molar-refractivity contribution in [2.45, 2.75) is 45.4 Å². The Hall–Kier alpha value is -0.630. The van der Waals surface area contributed by atoms with Gasteiger partial charge < -0.3 is 4.74 Å². The van der Waals surface area contributed by atoms with Gasteiger partial charge in [0.1, 0.15) is 5.78 Å². The van der Waals surface area contributed by atoms with Crippen molar-refractivity contribution in [3.8, 4) is 0 Å². The summed E-state index contributed by atoms with van der Waals surface area (Å²) in [5.74, 6) is 2.19. The predicted molar refractivity (Wildman–Crippen MR) is 68.8 cm³/mol. The van der Waals surface area contributed by atoms with E-state index in [4.69, 9.17) is 4.74 Å². The molecule has 3 unspecified atom stereocenters. The number of ketones is 1. The summed E-state index contributed by atoms with van der Waals surface area (Å²) in [4.78, 5) is 11.5. The van der Waals surface area contributed by atoms with Crippen molar-refractivity contribution in [2.75, 3.05) is 13.2 Å². The van der Waals surface area contributed by atoms with Gasteiger partial charge in [-0.25, -0.2) is 0 Å². The number of hydrogen-bond donors (Lipinski definition) is 0. The second-order valence-electron chi connectivity index (χ2n) is 5.60. The van der Waals surface area contributed by atoms with E-state index < -0.39 is 0 Å². The Morgan fingerprint density at radius 3 is 2.88 bits per heavy atom. The molecule has 1 fully saturated rings. The highest BCUT2D eigenvalue weighted by molar-refractivity contribution is 5.82. The van der Waals surface area contributed by atoms with Gasteiger partial charge in [-0.15, -0.1) is 0 Å². The molecule has 0 N–H and O–H groups in total. The van der Waals surface area contributed by atoms with Gasteiger partial charge in [-0.2, -0.15) is 0 Å². The SMILES string of the molecule is CC1CC=CCC1COCCC1CCCC1=O. The van der Waals surface area contributed by atoms with Crippen LogP contribution in [0.15, 0.2) is 12.2 Å². The minimum atomic E-state index is 0.304. The van der Waals surface area contributed by atoms with Crippen molar-refractivity contribution in [1.29, 1.82) is 0 Å². The van der Waals surface area contributed by atoms with Crippen molar-refractivity contribution in [3.63, 3.8) is 0 Å². The van der Waals surface area contributed by atoms with Crippen LogP contribution in [-0.2, 0) is 9.53 Å². The molecule has 0 aromatic carbocycles. The monoisotopic (exact) mass is 236 g/mol. The summed E-state index contributed by atoms with van der Waals surface area (Å²) < 4.78 is 5.77. The molecular weight excluding hydrogens is 212 g/mol. The molecule has 0 aromatic heterocycles. The largest absolute Gasteiger partial charge is 0.381 e. The molecule has 1 saturated carbocycles. The Kier molecular flexibility index (Phi) is 4.78. The van der Waals surface area contributed by atoms with Crippen molar-refractivity contribution < 1.29 is 9.53 Å². The number of allylic oxidation sites excluding steroid dienone is 2. The van der Waals surface area contributed by atoms with Gasteiger partial charge in [-0.3, -0.25) is 4.79 Å². The lowest BCUT2D eigenvalue weighted by Crippen LogP contribution is -2.20. The summed E-state index contributed by atoms with van der Waals surface area (Å²) in [6, 6.07) is 0. The molecule has 0 aliphatic heterocycles. The number of carbonyl (C=O) groups excluding carboxylic acids is 1. The number of Topliss-reactive ketones (excluding diaryl/α,β-unsaturated/α-hetero) is 1. The summed E-state index contributed by atoms with van der Waals surface area (Å²) in [6.45, 7) is 3.94. The molecule has 0 aromatic rings. The van der Waals surface area contributed by atoms with E-state index in [1.165, 1.54) is 6.42 Å². The quantitative estimate of drug-likeness (QED) is 0.540. The van der Waals surface area contributed by atoms with Gasteiger partial charge in [-0.1, -0.05) is 19.1 Å². The minimum Gasteiger partial charge on any atom is -0.381 e. The van der Waals surface area contributed by atoms with E-state index >= 15 is 0 Å². The maximum absolute atomic E-state index is 11.5. The molecule has 0 amide bonds. The Balaban J connectivity index is 1.59. The average Bonchev–Trinajstić information content (AvgIpc) is 2.73. The van der Waals surface area contributed by atoms with Crippen LogP contribution in [0.1, 0.15) is 45.4 Å². The average molecular weight is 236 g/mol. The Bertz CT molecular complexity index is 283. The fourth-order valence-corrected chi connectivity index (χ4v) is 2.89. The van der Waals surface area contributed by atoms with Gasteiger partial charge in [-0.05, 0) is 43.9 Å². The van der Waals surface area contributed by atoms with Crippen LogP contribution in [0.3, 0.4) is 0 Å². The third-order valence-electron chi connectivity index (χ3n) is 4.29. The highest BCUT2D eigenvalue weighted by Crippen LogP contribution is 2.26. The first kappa shape index (κ1) is 12.8. The van der Waals surface area contributed by atoms with E-state index in [9.17, 15) is 4.79 Å². The van der Waals surface area contributed by atoms with E-state index in [2.05, 4.69) is 19.1 Å². The highest BCUT2D eigenvalue weighted by atomic mass is 16.5. The Morgan fingerprint density at radius 1 is 1.35 bits per heavy atom. The van der Waals surface area contributed by atoms with Crippen molar-refractivity contribution in [1.82, 2.24) is 0 Å². The van der Waals surface area contributed by atoms with Crippen LogP contribution in [0.5, 0.6) is 0 Å². The first-order valence-electron chi connectivity index (χ1n) is 7.03. The number of ether oxygens (including phenoxy) is 1. The molecule has 0 saturated heterocycles. The van der Waals surface area contributed by atoms with Crippen LogP contribution in [0, 0.1) is 17.8 Å². The van der Waals surface area contributed by atoms with Gasteiger partial charge in [0.2, 0.25) is 0 Å². The van der Waals surface area contributed by atoms with Crippen LogP contribution in [0.2, 0.25) is 0 Å². The zero-order valence-electron chi connectivity index (χ0n) is 10.9. The van der Waals surface area contributed by atoms with Gasteiger partial charge in [0.05, 0.1) is 0 Å². The molecule has 96 valence electrons. The Morgan fingerprint density at radius 2 is 2.18 bits per heavy atom. The second kappa shape index (κ2) is 6.34. The third-order valence-corrected chi connectivity index (χ3v) is 4.29. The van der Waals surface area contributed by atoms with Gasteiger partial charge in [0.15, 0.2) is 0 Å². The molecule has 0 heterocycles. The lowest BCUT2D eigenvalue weighted by Gasteiger charge is -2.25. The molecule has 17 heavy (non-hydrogen) atoms. The normalized spacial score (nSPS) is 33.2. The molecule has 2 aliphatic rings. The standard InChI is InChI=1S/C15H24O2/c1-12-5-2-3-6-14(12)11-17-10-9-13-7-4-8-15(13)16/h2-3,12-14H,4-11H2,1H3. The zero-order valence-corrected chi connectivity index (χ0v) is 10.9. The van der Waals surface area contributed by atoms with Crippen LogP contribution in [0.4, 0.5) is 0 Å². The van der Waals surface area contributed by atoms with E-state index in [0.717, 1.165) is 51.2 Å². The molecular formula is C15H24O2. The van der Waals surface area contributed by atoms with Crippen LogP contribution in [0.25, 0.3) is 0 Å². The molecule has 3 atom stereocenters. The molecule has 2 heteroatoms. The topological polar surface area (TPSA) is 26.3 Å². The first-order valence-corrected chi connectivity index (χ1v) is 7.03. The van der Waals surface area contributed by atoms with Crippen molar-refractivity contribution in [3.05, 3.63) is 12.2 Å². The van der Waals surface area contributed by atoms with Gasteiger partial charge in [0.25, 0.3) is 0 Å². The van der Waals surface area contributed by atoms with Gasteiger partial charge >= 0.3 is 0 Å². The number of hydrogen-bond acceptors (Lipinski definition) is 2. The summed E-state index contributed by atoms with van der Waals surface area (Å²) in [6.07, 6.45) is 10.8. The van der Waals surface area contributed by atoms with Crippen molar-refractivity contribution >= 4 is 5.78 Å². The number of rotatable bonds is 5. The maximum atomic E-state index is 11.5. The molecule has 0 spiro atoms. The smallest absolute Gasteiger partial charge is 0.136 e. The van der Waals surface area contributed by atoms with Crippen LogP contribution >= 0.6 is 0 Å². The summed E-state index contributed by atoms with van der Waals surface area (Å²) in [5.41, 5.74) is 0. The molecule has 2 nitrogen and oxygen atoms in total. The summed E-state index contributed by atoms with van der Waals surface area (Å²) >= 11 is 0. The summed E-state index contributed by atoms with van der Waals surface area (Å²) in [7, 11) is 0. The first-order chi connectivity index (χ1) is 8.27. The molecule has 0 radical (unpaired) electrons. The molecule has 2 aliphatic carbocycles. The minimum absolute atomic E-state index is 0.304. The van der Waals surface area contributed by atoms with E-state index in [1.54, 1.807) is 0 Å². The highest BCUT2D eigenvalue weighted by Gasteiger charge is 2.24. The number of carbonyl (C=O) groups is 1. The van der Waals surface area contributed by atoms with Crippen LogP contribution < -0.4 is 0 Å². The van der Waals surface area contributed by atoms with E-state index in [-0.39, 0.29) is 0 Å². The van der Waals surface area contributed by atoms with Crippen LogP contribution in [-0.4, -0.2) is 19.0 Å².